The summed E-state index contributed by atoms with van der Waals surface area (Å²) >= 11 is 0. The van der Waals surface area contributed by atoms with Gasteiger partial charge in [0.05, 0.1) is 12.5 Å². The van der Waals surface area contributed by atoms with Crippen LogP contribution in [0, 0.1) is 5.41 Å². The number of nitrogens with one attached hydrogen (secondary N) is 1. The van der Waals surface area contributed by atoms with Gasteiger partial charge in [-0.1, -0.05) is 12.1 Å². The van der Waals surface area contributed by atoms with Crippen LogP contribution in [0.15, 0.2) is 30.5 Å². The Labute approximate surface area is 118 Å². The van der Waals surface area contributed by atoms with Gasteiger partial charge in [-0.25, -0.2) is 0 Å². The van der Waals surface area contributed by atoms with E-state index in [9.17, 15) is 4.79 Å². The molecule has 4 nitrogen and oxygen atoms in total. The smallest absolute Gasteiger partial charge is 0.312 e. The van der Waals surface area contributed by atoms with Gasteiger partial charge in [0.1, 0.15) is 0 Å². The van der Waals surface area contributed by atoms with Gasteiger partial charge in [0.25, 0.3) is 0 Å². The lowest BCUT2D eigenvalue weighted by Gasteiger charge is -2.22. The molecule has 0 amide bonds. The van der Waals surface area contributed by atoms with Gasteiger partial charge < -0.3 is 9.72 Å². The third-order valence-corrected chi connectivity index (χ3v) is 4.31. The van der Waals surface area contributed by atoms with E-state index >= 15 is 0 Å². The maximum atomic E-state index is 11.9. The first-order chi connectivity index (χ1) is 9.62. The Morgan fingerprint density at radius 1 is 1.45 bits per heavy atom. The Balaban J connectivity index is 1.77. The molecule has 0 bridgehead atoms. The highest BCUT2D eigenvalue weighted by Crippen LogP contribution is 2.32. The van der Waals surface area contributed by atoms with Gasteiger partial charge in [-0.05, 0) is 37.6 Å². The number of benzene rings is 1. The Morgan fingerprint density at radius 2 is 2.30 bits per heavy atom. The van der Waals surface area contributed by atoms with E-state index in [4.69, 9.17) is 4.74 Å². The summed E-state index contributed by atoms with van der Waals surface area (Å²) in [4.78, 5) is 17.4. The highest BCUT2D eigenvalue weighted by molar-refractivity contribution is 5.82. The number of esters is 1. The van der Waals surface area contributed by atoms with Crippen molar-refractivity contribution in [2.75, 3.05) is 20.2 Å². The molecule has 0 saturated carbocycles. The Morgan fingerprint density at radius 3 is 3.10 bits per heavy atom. The van der Waals surface area contributed by atoms with E-state index in [0.717, 1.165) is 31.6 Å². The van der Waals surface area contributed by atoms with Gasteiger partial charge in [-0.3, -0.25) is 9.69 Å². The molecule has 4 heteroatoms. The number of nitrogens with zero attached hydrogens (tertiary/aromatic N) is 1. The first-order valence-corrected chi connectivity index (χ1v) is 6.98. The average molecular weight is 272 g/mol. The van der Waals surface area contributed by atoms with Crippen LogP contribution < -0.4 is 0 Å². The topological polar surface area (TPSA) is 45.3 Å². The zero-order valence-corrected chi connectivity index (χ0v) is 12.0. The SMILES string of the molecule is COC(=O)[C@]1(C)CCN(Cc2cccc3[nH]ccc23)C1. The monoisotopic (exact) mass is 272 g/mol. The Kier molecular flexibility index (Phi) is 3.26. The molecule has 2 heterocycles. The van der Waals surface area contributed by atoms with Gasteiger partial charge >= 0.3 is 5.97 Å². The van der Waals surface area contributed by atoms with Crippen LogP contribution in [0.3, 0.4) is 0 Å². The predicted molar refractivity (Wildman–Crippen MR) is 78.3 cm³/mol. The molecule has 3 rings (SSSR count). The van der Waals surface area contributed by atoms with E-state index in [-0.39, 0.29) is 11.4 Å². The Bertz CT molecular complexity index is 634. The van der Waals surface area contributed by atoms with Crippen molar-refractivity contribution in [1.82, 2.24) is 9.88 Å². The lowest BCUT2D eigenvalue weighted by Crippen LogP contribution is -2.32. The quantitative estimate of drug-likeness (QED) is 0.873. The van der Waals surface area contributed by atoms with Crippen LogP contribution in [0.5, 0.6) is 0 Å². The minimum Gasteiger partial charge on any atom is -0.469 e. The molecule has 1 atom stereocenters. The van der Waals surface area contributed by atoms with Crippen molar-refractivity contribution in [1.29, 1.82) is 0 Å². The number of fused-ring (bicyclic) bond motifs is 1. The summed E-state index contributed by atoms with van der Waals surface area (Å²) in [5.74, 6) is -0.0974. The summed E-state index contributed by atoms with van der Waals surface area (Å²) in [5.41, 5.74) is 2.11. The molecular formula is C16H20N2O2. The number of hydrogen-bond acceptors (Lipinski definition) is 3. The Hall–Kier alpha value is -1.81. The number of methoxy groups -OCH3 is 1. The molecule has 1 aromatic carbocycles. The maximum absolute atomic E-state index is 11.9. The number of carbonyl (C=O) groups excluding carboxylic acids is 1. The standard InChI is InChI=1S/C16H20N2O2/c1-16(15(19)20-2)7-9-18(11-16)10-12-4-3-5-14-13(12)6-8-17-14/h3-6,8,17H,7,9-11H2,1-2H3/t16-/m1/s1. The van der Waals surface area contributed by atoms with Crippen molar-refractivity contribution >= 4 is 16.9 Å². The molecule has 1 aromatic heterocycles. The minimum absolute atomic E-state index is 0.0974. The van der Waals surface area contributed by atoms with Gasteiger partial charge in [0.2, 0.25) is 0 Å². The molecule has 1 N–H and O–H groups in total. The molecule has 0 spiro atoms. The van der Waals surface area contributed by atoms with Gasteiger partial charge in [-0.2, -0.15) is 0 Å². The van der Waals surface area contributed by atoms with Crippen molar-refractivity contribution in [2.24, 2.45) is 5.41 Å². The van der Waals surface area contributed by atoms with E-state index in [1.54, 1.807) is 0 Å². The highest BCUT2D eigenvalue weighted by Gasteiger charge is 2.41. The summed E-state index contributed by atoms with van der Waals surface area (Å²) in [7, 11) is 1.47. The van der Waals surface area contributed by atoms with E-state index in [1.165, 1.54) is 18.1 Å². The summed E-state index contributed by atoms with van der Waals surface area (Å²) in [6.45, 7) is 4.57. The highest BCUT2D eigenvalue weighted by atomic mass is 16.5. The molecule has 1 fully saturated rings. The molecule has 0 unspecified atom stereocenters. The number of carbonyl (C=O) groups is 1. The molecule has 0 aliphatic carbocycles. The van der Waals surface area contributed by atoms with Crippen molar-refractivity contribution < 1.29 is 9.53 Å². The molecule has 1 aliphatic rings. The third-order valence-electron chi connectivity index (χ3n) is 4.31. The zero-order valence-electron chi connectivity index (χ0n) is 12.0. The number of aromatic nitrogens is 1. The number of ether oxygens (including phenoxy) is 1. The number of likely N-dealkylation sites (tertiary alicyclic amines) is 1. The van der Waals surface area contributed by atoms with Gasteiger partial charge in [0, 0.05) is 30.2 Å². The van der Waals surface area contributed by atoms with E-state index in [1.807, 2.05) is 13.1 Å². The van der Waals surface area contributed by atoms with Crippen LogP contribution in [-0.2, 0) is 16.1 Å². The maximum Gasteiger partial charge on any atom is 0.312 e. The summed E-state index contributed by atoms with van der Waals surface area (Å²) in [6, 6.07) is 8.43. The number of aromatic amines is 1. The fourth-order valence-electron chi connectivity index (χ4n) is 3.13. The first-order valence-electron chi connectivity index (χ1n) is 6.98. The number of hydrogen-bond donors (Lipinski definition) is 1. The number of H-pyrrole nitrogens is 1. The number of rotatable bonds is 3. The van der Waals surface area contributed by atoms with Crippen LogP contribution in [0.2, 0.25) is 0 Å². The fraction of sp³-hybridized carbons (Fsp3) is 0.438. The second-order valence-electron chi connectivity index (χ2n) is 5.87. The summed E-state index contributed by atoms with van der Waals surface area (Å²) in [6.07, 6.45) is 2.83. The fourth-order valence-corrected chi connectivity index (χ4v) is 3.13. The lowest BCUT2D eigenvalue weighted by atomic mass is 9.90. The van der Waals surface area contributed by atoms with E-state index < -0.39 is 0 Å². The molecule has 20 heavy (non-hydrogen) atoms. The van der Waals surface area contributed by atoms with Crippen LogP contribution >= 0.6 is 0 Å². The summed E-state index contributed by atoms with van der Waals surface area (Å²) in [5, 5.41) is 1.26. The molecule has 0 radical (unpaired) electrons. The normalized spacial score (nSPS) is 23.3. The molecule has 1 saturated heterocycles. The first kappa shape index (κ1) is 13.2. The van der Waals surface area contributed by atoms with E-state index in [0.29, 0.717) is 0 Å². The van der Waals surface area contributed by atoms with Gasteiger partial charge in [0.15, 0.2) is 0 Å². The summed E-state index contributed by atoms with van der Waals surface area (Å²) < 4.78 is 4.92. The van der Waals surface area contributed by atoms with Crippen LogP contribution in [0.25, 0.3) is 10.9 Å². The largest absolute Gasteiger partial charge is 0.469 e. The van der Waals surface area contributed by atoms with Crippen molar-refractivity contribution in [2.45, 2.75) is 19.9 Å². The van der Waals surface area contributed by atoms with E-state index in [2.05, 4.69) is 34.1 Å². The second-order valence-corrected chi connectivity index (χ2v) is 5.87. The van der Waals surface area contributed by atoms with Gasteiger partial charge in [-0.15, -0.1) is 0 Å². The van der Waals surface area contributed by atoms with Crippen molar-refractivity contribution in [3.05, 3.63) is 36.0 Å². The molecule has 2 aromatic rings. The molecular weight excluding hydrogens is 252 g/mol. The van der Waals surface area contributed by atoms with Crippen LogP contribution in [0.4, 0.5) is 0 Å². The third kappa shape index (κ3) is 2.20. The molecule has 106 valence electrons. The zero-order chi connectivity index (χ0) is 14.2. The van der Waals surface area contributed by atoms with Crippen LogP contribution in [-0.4, -0.2) is 36.1 Å². The molecule has 1 aliphatic heterocycles. The second kappa shape index (κ2) is 4.94. The van der Waals surface area contributed by atoms with Crippen molar-refractivity contribution in [3.8, 4) is 0 Å². The van der Waals surface area contributed by atoms with Crippen LogP contribution in [0.1, 0.15) is 18.9 Å². The lowest BCUT2D eigenvalue weighted by molar-refractivity contribution is -0.151. The average Bonchev–Trinajstić information content (AvgIpc) is 3.06. The van der Waals surface area contributed by atoms with Crippen molar-refractivity contribution in [3.63, 3.8) is 0 Å². The minimum atomic E-state index is -0.360. The predicted octanol–water partition coefficient (Wildman–Crippen LogP) is 2.55.